The molecule has 0 aliphatic rings. The van der Waals surface area contributed by atoms with Crippen molar-refractivity contribution in [3.63, 3.8) is 0 Å². The summed E-state index contributed by atoms with van der Waals surface area (Å²) in [7, 11) is 0. The third kappa shape index (κ3) is 4.12. The Morgan fingerprint density at radius 2 is 2.10 bits per heavy atom. The van der Waals surface area contributed by atoms with Crippen LogP contribution in [0, 0.1) is 6.92 Å². The quantitative estimate of drug-likeness (QED) is 0.327. The van der Waals surface area contributed by atoms with Crippen molar-refractivity contribution in [1.29, 1.82) is 0 Å². The van der Waals surface area contributed by atoms with Crippen molar-refractivity contribution in [3.05, 3.63) is 57.1 Å². The molecule has 1 unspecified atom stereocenters. The average Bonchev–Trinajstić information content (AvgIpc) is 3.33. The number of aromatic nitrogens is 3. The molecule has 4 rings (SSSR count). The van der Waals surface area contributed by atoms with Gasteiger partial charge < -0.3 is 10.3 Å². The molecule has 148 valence electrons. The van der Waals surface area contributed by atoms with E-state index in [0.717, 1.165) is 16.0 Å². The Kier molecular flexibility index (Phi) is 5.79. The second kappa shape index (κ2) is 8.48. The van der Waals surface area contributed by atoms with Gasteiger partial charge in [-0.05, 0) is 18.9 Å². The fourth-order valence-electron chi connectivity index (χ4n) is 3.04. The van der Waals surface area contributed by atoms with Gasteiger partial charge in [0.15, 0.2) is 10.3 Å². The number of thioether (sulfide) groups is 1. The second-order valence-electron chi connectivity index (χ2n) is 6.29. The number of hydrogen-bond donors (Lipinski definition) is 2. The Morgan fingerprint density at radius 1 is 1.31 bits per heavy atom. The number of hydrogen-bond acceptors (Lipinski definition) is 7. The number of thiazole rings is 1. The van der Waals surface area contributed by atoms with Crippen LogP contribution in [0.5, 0.6) is 0 Å². The van der Waals surface area contributed by atoms with E-state index in [1.807, 2.05) is 44.2 Å². The first-order valence-electron chi connectivity index (χ1n) is 9.02. The summed E-state index contributed by atoms with van der Waals surface area (Å²) in [6.45, 7) is 3.93. The van der Waals surface area contributed by atoms with Crippen LogP contribution in [0.25, 0.3) is 21.3 Å². The van der Waals surface area contributed by atoms with Gasteiger partial charge in [-0.2, -0.15) is 0 Å². The van der Waals surface area contributed by atoms with Gasteiger partial charge >= 0.3 is 0 Å². The Bertz CT molecular complexity index is 1200. The number of carbonyl (C=O) groups is 1. The zero-order valence-corrected chi connectivity index (χ0v) is 18.2. The molecule has 0 spiro atoms. The molecule has 4 aromatic rings. The zero-order valence-electron chi connectivity index (χ0n) is 15.8. The number of carbonyl (C=O) groups excluding carboxylic acids is 1. The number of benzene rings is 1. The molecule has 29 heavy (non-hydrogen) atoms. The predicted molar refractivity (Wildman–Crippen MR) is 121 cm³/mol. The molecule has 1 aromatic carbocycles. The molecule has 0 aliphatic heterocycles. The zero-order chi connectivity index (χ0) is 20.4. The minimum atomic E-state index is -0.380. The standard InChI is InChI=1S/C20H18N4O2S3/c1-3-13(16(25)22-19-21-9-10-27-19)29-20-23-17(26)15-14(11(2)28-18(15)24-20)12-7-5-4-6-8-12/h4-10,13H,3H2,1-2H3,(H,21,22,25)(H,23,24,26). The van der Waals surface area contributed by atoms with E-state index < -0.39 is 0 Å². The van der Waals surface area contributed by atoms with Gasteiger partial charge in [-0.1, -0.05) is 49.0 Å². The molecule has 0 bridgehead atoms. The lowest BCUT2D eigenvalue weighted by molar-refractivity contribution is -0.115. The SMILES string of the molecule is CCC(Sc1nc2sc(C)c(-c3ccccc3)c2c(=O)[nH]1)C(=O)Nc1nccs1. The molecule has 2 N–H and O–H groups in total. The highest BCUT2D eigenvalue weighted by Crippen LogP contribution is 2.36. The van der Waals surface area contributed by atoms with E-state index >= 15 is 0 Å². The molecule has 1 amide bonds. The number of thiophene rings is 1. The lowest BCUT2D eigenvalue weighted by atomic mass is 10.0. The predicted octanol–water partition coefficient (Wildman–Crippen LogP) is 4.93. The van der Waals surface area contributed by atoms with E-state index in [4.69, 9.17) is 0 Å². The van der Waals surface area contributed by atoms with Crippen molar-refractivity contribution < 1.29 is 4.79 Å². The number of fused-ring (bicyclic) bond motifs is 1. The van der Waals surface area contributed by atoms with Gasteiger partial charge in [0, 0.05) is 22.0 Å². The number of nitrogens with zero attached hydrogens (tertiary/aromatic N) is 2. The van der Waals surface area contributed by atoms with Crippen LogP contribution in [-0.4, -0.2) is 26.1 Å². The molecular weight excluding hydrogens is 424 g/mol. The summed E-state index contributed by atoms with van der Waals surface area (Å²) < 4.78 is 0. The third-order valence-electron chi connectivity index (χ3n) is 4.36. The Hall–Kier alpha value is -2.49. The first-order valence-corrected chi connectivity index (χ1v) is 11.6. The molecule has 3 aromatic heterocycles. The van der Waals surface area contributed by atoms with E-state index in [1.165, 1.54) is 34.4 Å². The molecule has 1 atom stereocenters. The van der Waals surface area contributed by atoms with Crippen molar-refractivity contribution in [1.82, 2.24) is 15.0 Å². The Labute approximate surface area is 179 Å². The topological polar surface area (TPSA) is 87.7 Å². The summed E-state index contributed by atoms with van der Waals surface area (Å²) in [6.07, 6.45) is 2.24. The number of nitrogens with one attached hydrogen (secondary N) is 2. The van der Waals surface area contributed by atoms with Gasteiger partial charge in [0.1, 0.15) is 4.83 Å². The highest BCUT2D eigenvalue weighted by Gasteiger charge is 2.22. The largest absolute Gasteiger partial charge is 0.301 e. The summed E-state index contributed by atoms with van der Waals surface area (Å²) in [4.78, 5) is 38.8. The minimum absolute atomic E-state index is 0.150. The smallest absolute Gasteiger partial charge is 0.260 e. The summed E-state index contributed by atoms with van der Waals surface area (Å²) in [5.74, 6) is -0.150. The molecular formula is C20H18N4O2S3. The van der Waals surface area contributed by atoms with Gasteiger partial charge in [-0.25, -0.2) is 9.97 Å². The molecule has 0 saturated heterocycles. The Morgan fingerprint density at radius 3 is 2.79 bits per heavy atom. The van der Waals surface area contributed by atoms with Gasteiger partial charge in [0.25, 0.3) is 5.56 Å². The number of aromatic amines is 1. The van der Waals surface area contributed by atoms with Crippen LogP contribution in [0.2, 0.25) is 0 Å². The van der Waals surface area contributed by atoms with Crippen molar-refractivity contribution in [2.24, 2.45) is 0 Å². The fraction of sp³-hybridized carbons (Fsp3) is 0.200. The van der Waals surface area contributed by atoms with Gasteiger partial charge in [0.2, 0.25) is 5.91 Å². The first kappa shape index (κ1) is 19.8. The van der Waals surface area contributed by atoms with Crippen molar-refractivity contribution in [2.75, 3.05) is 5.32 Å². The van der Waals surface area contributed by atoms with Crippen LogP contribution in [-0.2, 0) is 4.79 Å². The molecule has 0 radical (unpaired) electrons. The van der Waals surface area contributed by atoms with E-state index in [9.17, 15) is 9.59 Å². The Balaban J connectivity index is 1.65. The van der Waals surface area contributed by atoms with E-state index in [2.05, 4.69) is 20.3 Å². The normalized spacial score (nSPS) is 12.2. The van der Waals surface area contributed by atoms with Crippen molar-refractivity contribution >= 4 is 55.7 Å². The fourth-order valence-corrected chi connectivity index (χ4v) is 5.57. The van der Waals surface area contributed by atoms with Crippen molar-refractivity contribution in [3.8, 4) is 11.1 Å². The molecule has 6 nitrogen and oxygen atoms in total. The lowest BCUT2D eigenvalue weighted by Gasteiger charge is -2.12. The summed E-state index contributed by atoms with van der Waals surface area (Å²) >= 11 is 4.13. The van der Waals surface area contributed by atoms with Crippen LogP contribution in [0.1, 0.15) is 18.2 Å². The molecule has 0 fully saturated rings. The highest BCUT2D eigenvalue weighted by molar-refractivity contribution is 8.00. The minimum Gasteiger partial charge on any atom is -0.301 e. The summed E-state index contributed by atoms with van der Waals surface area (Å²) in [5.41, 5.74) is 1.73. The number of amides is 1. The van der Waals surface area contributed by atoms with Gasteiger partial charge in [0.05, 0.1) is 10.6 Å². The maximum atomic E-state index is 12.9. The monoisotopic (exact) mass is 442 g/mol. The number of rotatable bonds is 6. The van der Waals surface area contributed by atoms with Gasteiger partial charge in [-0.15, -0.1) is 22.7 Å². The van der Waals surface area contributed by atoms with Crippen molar-refractivity contribution in [2.45, 2.75) is 30.7 Å². The van der Waals surface area contributed by atoms with E-state index in [0.29, 0.717) is 26.9 Å². The van der Waals surface area contributed by atoms with Crippen LogP contribution in [0.4, 0.5) is 5.13 Å². The number of H-pyrrole nitrogens is 1. The summed E-state index contributed by atoms with van der Waals surface area (Å²) in [6, 6.07) is 9.85. The maximum absolute atomic E-state index is 12.9. The average molecular weight is 443 g/mol. The van der Waals surface area contributed by atoms with Crippen LogP contribution in [0.3, 0.4) is 0 Å². The third-order valence-corrected chi connectivity index (χ3v) is 7.29. The number of aryl methyl sites for hydroxylation is 1. The van der Waals surface area contributed by atoms with Crippen LogP contribution in [0.15, 0.2) is 51.9 Å². The summed E-state index contributed by atoms with van der Waals surface area (Å²) in [5, 5.41) is 5.85. The van der Waals surface area contributed by atoms with Crippen LogP contribution < -0.4 is 10.9 Å². The molecule has 3 heterocycles. The van der Waals surface area contributed by atoms with Gasteiger partial charge in [-0.3, -0.25) is 9.59 Å². The van der Waals surface area contributed by atoms with E-state index in [-0.39, 0.29) is 16.7 Å². The maximum Gasteiger partial charge on any atom is 0.260 e. The highest BCUT2D eigenvalue weighted by atomic mass is 32.2. The molecule has 0 aliphatic carbocycles. The lowest BCUT2D eigenvalue weighted by Crippen LogP contribution is -2.25. The first-order chi connectivity index (χ1) is 14.1. The second-order valence-corrected chi connectivity index (χ2v) is 9.58. The number of anilines is 1. The van der Waals surface area contributed by atoms with Crippen LogP contribution >= 0.6 is 34.4 Å². The molecule has 9 heteroatoms. The van der Waals surface area contributed by atoms with E-state index in [1.54, 1.807) is 11.6 Å². The molecule has 0 saturated carbocycles.